The number of halogens is 2. The first-order chi connectivity index (χ1) is 9.15. The van der Waals surface area contributed by atoms with Crippen molar-refractivity contribution in [3.05, 3.63) is 22.4 Å². The molecule has 2 aromatic rings. The van der Waals surface area contributed by atoms with Crippen molar-refractivity contribution in [3.8, 4) is 0 Å². The number of anilines is 1. The van der Waals surface area contributed by atoms with Gasteiger partial charge in [-0.2, -0.15) is 0 Å². The molecule has 1 aromatic heterocycles. The van der Waals surface area contributed by atoms with Crippen LogP contribution in [0.5, 0.6) is 0 Å². The van der Waals surface area contributed by atoms with E-state index in [2.05, 4.69) is 25.8 Å². The van der Waals surface area contributed by atoms with E-state index in [0.717, 1.165) is 37.2 Å². The third kappa shape index (κ3) is 2.47. The lowest BCUT2D eigenvalue weighted by molar-refractivity contribution is 0.325. The van der Waals surface area contributed by atoms with E-state index in [9.17, 15) is 4.39 Å². The average molecular weight is 327 g/mol. The minimum Gasteiger partial charge on any atom is -0.369 e. The Morgan fingerprint density at radius 1 is 1.26 bits per heavy atom. The number of nitrogen functional groups attached to an aromatic ring is 1. The van der Waals surface area contributed by atoms with Crippen molar-refractivity contribution in [2.45, 2.75) is 19.4 Å². The molecule has 2 N–H and O–H groups in total. The van der Waals surface area contributed by atoms with Crippen LogP contribution < -0.4 is 5.73 Å². The van der Waals surface area contributed by atoms with Crippen LogP contribution in [0.1, 0.15) is 12.8 Å². The third-order valence-electron chi connectivity index (χ3n) is 3.66. The van der Waals surface area contributed by atoms with Gasteiger partial charge in [-0.15, -0.1) is 0 Å². The van der Waals surface area contributed by atoms with Crippen molar-refractivity contribution in [1.29, 1.82) is 0 Å². The zero-order chi connectivity index (χ0) is 13.4. The lowest BCUT2D eigenvalue weighted by Crippen LogP contribution is -2.24. The van der Waals surface area contributed by atoms with Crippen molar-refractivity contribution in [1.82, 2.24) is 14.5 Å². The summed E-state index contributed by atoms with van der Waals surface area (Å²) in [5, 5.41) is 0. The zero-order valence-electron chi connectivity index (χ0n) is 10.6. The van der Waals surface area contributed by atoms with Crippen LogP contribution >= 0.6 is 15.9 Å². The van der Waals surface area contributed by atoms with Gasteiger partial charge in [-0.1, -0.05) is 0 Å². The number of likely N-dealkylation sites (tertiary alicyclic amines) is 1. The first kappa shape index (κ1) is 12.9. The molecule has 6 heteroatoms. The van der Waals surface area contributed by atoms with Crippen molar-refractivity contribution < 1.29 is 4.39 Å². The summed E-state index contributed by atoms with van der Waals surface area (Å²) in [6.07, 6.45) is 2.53. The van der Waals surface area contributed by atoms with Crippen LogP contribution in [0, 0.1) is 5.82 Å². The highest BCUT2D eigenvalue weighted by atomic mass is 79.9. The van der Waals surface area contributed by atoms with Gasteiger partial charge in [-0.3, -0.25) is 0 Å². The molecule has 0 amide bonds. The normalized spacial score (nSPS) is 16.5. The van der Waals surface area contributed by atoms with E-state index in [1.54, 1.807) is 6.07 Å². The fraction of sp³-hybridized carbons (Fsp3) is 0.462. The second-order valence-corrected chi connectivity index (χ2v) is 5.78. The fourth-order valence-electron chi connectivity index (χ4n) is 2.62. The van der Waals surface area contributed by atoms with E-state index in [1.807, 2.05) is 4.57 Å². The first-order valence-electron chi connectivity index (χ1n) is 6.48. The maximum absolute atomic E-state index is 13.6. The molecule has 0 aliphatic carbocycles. The molecule has 1 aliphatic rings. The average Bonchev–Trinajstić information content (AvgIpc) is 2.96. The van der Waals surface area contributed by atoms with Crippen LogP contribution in [0.4, 0.5) is 10.3 Å². The highest BCUT2D eigenvalue weighted by Gasteiger charge is 2.15. The molecule has 19 heavy (non-hydrogen) atoms. The molecule has 1 aromatic carbocycles. The number of rotatable bonds is 3. The van der Waals surface area contributed by atoms with Gasteiger partial charge in [0.15, 0.2) is 0 Å². The Labute approximate surface area is 119 Å². The molecule has 0 bridgehead atoms. The van der Waals surface area contributed by atoms with Gasteiger partial charge in [-0.25, -0.2) is 9.37 Å². The Kier molecular flexibility index (Phi) is 3.45. The topological polar surface area (TPSA) is 47.1 Å². The summed E-state index contributed by atoms with van der Waals surface area (Å²) in [7, 11) is 0. The van der Waals surface area contributed by atoms with Gasteiger partial charge in [0, 0.05) is 19.2 Å². The van der Waals surface area contributed by atoms with Crippen LogP contribution in [0.25, 0.3) is 11.0 Å². The van der Waals surface area contributed by atoms with Crippen molar-refractivity contribution >= 4 is 32.9 Å². The van der Waals surface area contributed by atoms with Crippen molar-refractivity contribution in [2.75, 3.05) is 25.4 Å². The van der Waals surface area contributed by atoms with Gasteiger partial charge in [-0.05, 0) is 47.9 Å². The van der Waals surface area contributed by atoms with Gasteiger partial charge in [0.05, 0.1) is 15.5 Å². The minimum atomic E-state index is -0.283. The Bertz CT molecular complexity index is 604. The zero-order valence-corrected chi connectivity index (χ0v) is 12.2. The summed E-state index contributed by atoms with van der Waals surface area (Å²) >= 11 is 3.17. The molecular weight excluding hydrogens is 311 g/mol. The molecule has 0 saturated carbocycles. The quantitative estimate of drug-likeness (QED) is 0.943. The smallest absolute Gasteiger partial charge is 0.201 e. The van der Waals surface area contributed by atoms with E-state index < -0.39 is 0 Å². The Morgan fingerprint density at radius 3 is 2.74 bits per heavy atom. The first-order valence-corrected chi connectivity index (χ1v) is 7.27. The third-order valence-corrected chi connectivity index (χ3v) is 4.27. The molecule has 1 fully saturated rings. The van der Waals surface area contributed by atoms with E-state index in [-0.39, 0.29) is 5.82 Å². The van der Waals surface area contributed by atoms with Crippen LogP contribution in [-0.4, -0.2) is 34.1 Å². The van der Waals surface area contributed by atoms with Gasteiger partial charge >= 0.3 is 0 Å². The number of nitrogens with zero attached hydrogens (tertiary/aromatic N) is 3. The summed E-state index contributed by atoms with van der Waals surface area (Å²) in [6, 6.07) is 3.17. The van der Waals surface area contributed by atoms with Crippen LogP contribution in [0.2, 0.25) is 0 Å². The summed E-state index contributed by atoms with van der Waals surface area (Å²) < 4.78 is 16.0. The van der Waals surface area contributed by atoms with Crippen molar-refractivity contribution in [3.63, 3.8) is 0 Å². The van der Waals surface area contributed by atoms with E-state index in [0.29, 0.717) is 10.4 Å². The number of imidazole rings is 1. The molecule has 0 unspecified atom stereocenters. The summed E-state index contributed by atoms with van der Waals surface area (Å²) in [5.74, 6) is 0.168. The number of fused-ring (bicyclic) bond motifs is 1. The Hall–Kier alpha value is -1.14. The van der Waals surface area contributed by atoms with Gasteiger partial charge in [0.2, 0.25) is 5.95 Å². The second kappa shape index (κ2) is 5.09. The van der Waals surface area contributed by atoms with Crippen LogP contribution in [-0.2, 0) is 6.54 Å². The van der Waals surface area contributed by atoms with Gasteiger partial charge in [0.1, 0.15) is 5.82 Å². The van der Waals surface area contributed by atoms with Gasteiger partial charge < -0.3 is 15.2 Å². The lowest BCUT2D eigenvalue weighted by atomic mass is 10.3. The van der Waals surface area contributed by atoms with Gasteiger partial charge in [0.25, 0.3) is 0 Å². The molecule has 3 rings (SSSR count). The van der Waals surface area contributed by atoms with Crippen LogP contribution in [0.15, 0.2) is 16.6 Å². The lowest BCUT2D eigenvalue weighted by Gasteiger charge is -2.15. The molecule has 0 radical (unpaired) electrons. The molecule has 1 aliphatic heterocycles. The minimum absolute atomic E-state index is 0.283. The largest absolute Gasteiger partial charge is 0.369 e. The Morgan fingerprint density at radius 2 is 2.00 bits per heavy atom. The molecule has 4 nitrogen and oxygen atoms in total. The molecule has 0 atom stereocenters. The number of benzene rings is 1. The number of hydrogen-bond donors (Lipinski definition) is 1. The van der Waals surface area contributed by atoms with Crippen molar-refractivity contribution in [2.24, 2.45) is 0 Å². The fourth-order valence-corrected chi connectivity index (χ4v) is 2.95. The summed E-state index contributed by atoms with van der Waals surface area (Å²) in [4.78, 5) is 6.69. The SMILES string of the molecule is Nc1nc2cc(Br)c(F)cc2n1CCN1CCCC1. The summed E-state index contributed by atoms with van der Waals surface area (Å²) in [5.41, 5.74) is 7.42. The van der Waals surface area contributed by atoms with E-state index >= 15 is 0 Å². The molecule has 102 valence electrons. The second-order valence-electron chi connectivity index (χ2n) is 4.93. The highest BCUT2D eigenvalue weighted by molar-refractivity contribution is 9.10. The molecule has 1 saturated heterocycles. The monoisotopic (exact) mass is 326 g/mol. The maximum Gasteiger partial charge on any atom is 0.201 e. The Balaban J connectivity index is 1.89. The van der Waals surface area contributed by atoms with Crippen LogP contribution in [0.3, 0.4) is 0 Å². The number of hydrogen-bond acceptors (Lipinski definition) is 3. The number of aromatic nitrogens is 2. The predicted molar refractivity (Wildman–Crippen MR) is 77.5 cm³/mol. The standard InChI is InChI=1S/C13H16BrFN4/c14-9-7-11-12(8-10(9)15)19(13(16)17-11)6-5-18-3-1-2-4-18/h7-8H,1-6H2,(H2,16,17). The molecular formula is C13H16BrFN4. The number of nitrogens with two attached hydrogens (primary N) is 1. The molecule has 2 heterocycles. The summed E-state index contributed by atoms with van der Waals surface area (Å²) in [6.45, 7) is 3.98. The predicted octanol–water partition coefficient (Wildman–Crippen LogP) is 2.62. The van der Waals surface area contributed by atoms with E-state index in [1.165, 1.54) is 18.9 Å². The van der Waals surface area contributed by atoms with E-state index in [4.69, 9.17) is 5.73 Å². The molecule has 0 spiro atoms. The maximum atomic E-state index is 13.6. The highest BCUT2D eigenvalue weighted by Crippen LogP contribution is 2.25.